The molecule has 0 radical (unpaired) electrons. The maximum Gasteiger partial charge on any atom is 0.238 e. The van der Waals surface area contributed by atoms with Crippen LogP contribution in [0.3, 0.4) is 0 Å². The lowest BCUT2D eigenvalue weighted by atomic mass is 9.77. The molecule has 2 rings (SSSR count). The molecular formula is C13H17ClN2O4S. The predicted octanol–water partition coefficient (Wildman–Crippen LogP) is 1.89. The molecule has 21 heavy (non-hydrogen) atoms. The summed E-state index contributed by atoms with van der Waals surface area (Å²) in [7, 11) is -2.22. The van der Waals surface area contributed by atoms with E-state index >= 15 is 0 Å². The molecule has 0 unspecified atom stereocenters. The average Bonchev–Trinajstić information content (AvgIpc) is 2.35. The molecular weight excluding hydrogens is 316 g/mol. The number of amides is 1. The first kappa shape index (κ1) is 16.2. The molecule has 1 saturated carbocycles. The number of hydrogen-bond donors (Lipinski definition) is 2. The number of rotatable bonds is 5. The Morgan fingerprint density at radius 1 is 1.48 bits per heavy atom. The lowest BCUT2D eigenvalue weighted by Gasteiger charge is -2.39. The molecule has 8 heteroatoms. The second-order valence-corrected chi connectivity index (χ2v) is 7.12. The highest BCUT2D eigenvalue weighted by Gasteiger charge is 2.39. The molecule has 0 heterocycles. The van der Waals surface area contributed by atoms with Gasteiger partial charge in [-0.05, 0) is 37.5 Å². The van der Waals surface area contributed by atoms with Crippen LogP contribution in [0.5, 0.6) is 0 Å². The fourth-order valence-corrected chi connectivity index (χ4v) is 3.12. The quantitative estimate of drug-likeness (QED) is 0.860. The summed E-state index contributed by atoms with van der Waals surface area (Å²) >= 11 is 5.97. The van der Waals surface area contributed by atoms with Crippen molar-refractivity contribution in [2.45, 2.75) is 36.2 Å². The second kappa shape index (κ2) is 5.92. The fraction of sp³-hybridized carbons (Fsp3) is 0.462. The first-order valence-electron chi connectivity index (χ1n) is 6.43. The van der Waals surface area contributed by atoms with Gasteiger partial charge in [-0.15, -0.1) is 0 Å². The van der Waals surface area contributed by atoms with Gasteiger partial charge in [0.15, 0.2) is 0 Å². The zero-order valence-electron chi connectivity index (χ0n) is 11.6. The summed E-state index contributed by atoms with van der Waals surface area (Å²) in [6, 6.07) is 3.93. The Morgan fingerprint density at radius 3 is 2.57 bits per heavy atom. The number of hydrogen-bond acceptors (Lipinski definition) is 4. The predicted molar refractivity (Wildman–Crippen MR) is 79.7 cm³/mol. The van der Waals surface area contributed by atoms with Crippen molar-refractivity contribution in [1.82, 2.24) is 0 Å². The van der Waals surface area contributed by atoms with E-state index in [1.165, 1.54) is 18.2 Å². The number of nitrogens with two attached hydrogens (primary N) is 1. The average molecular weight is 333 g/mol. The number of nitrogens with one attached hydrogen (secondary N) is 1. The van der Waals surface area contributed by atoms with Gasteiger partial charge in [-0.25, -0.2) is 13.6 Å². The molecule has 1 fully saturated rings. The Balaban J connectivity index is 2.08. The fourth-order valence-electron chi connectivity index (χ4n) is 2.29. The molecule has 0 aromatic heterocycles. The van der Waals surface area contributed by atoms with Crippen LogP contribution < -0.4 is 10.5 Å². The van der Waals surface area contributed by atoms with Crippen LogP contribution in [0.1, 0.15) is 25.7 Å². The molecule has 116 valence electrons. The minimum atomic E-state index is -3.82. The standard InChI is InChI=1S/C13H17ClN2O4S/c1-20-13(5-2-6-13)8-12(17)16-11-4-3-9(7-10(11)14)21(15,18)19/h3-4,7H,2,5-6,8H2,1H3,(H,16,17)(H2,15,18,19). The van der Waals surface area contributed by atoms with Crippen molar-refractivity contribution in [3.8, 4) is 0 Å². The summed E-state index contributed by atoms with van der Waals surface area (Å²) in [6.07, 6.45) is 3.01. The van der Waals surface area contributed by atoms with Crippen molar-refractivity contribution in [3.05, 3.63) is 23.2 Å². The van der Waals surface area contributed by atoms with Crippen LogP contribution in [-0.4, -0.2) is 27.0 Å². The first-order valence-corrected chi connectivity index (χ1v) is 8.36. The second-order valence-electron chi connectivity index (χ2n) is 5.15. The molecule has 0 saturated heterocycles. The van der Waals surface area contributed by atoms with Gasteiger partial charge in [-0.2, -0.15) is 0 Å². The number of methoxy groups -OCH3 is 1. The Kier molecular flexibility index (Phi) is 4.57. The van der Waals surface area contributed by atoms with Crippen molar-refractivity contribution in [3.63, 3.8) is 0 Å². The molecule has 0 spiro atoms. The van der Waals surface area contributed by atoms with Gasteiger partial charge in [-0.1, -0.05) is 11.6 Å². The maximum atomic E-state index is 12.0. The van der Waals surface area contributed by atoms with E-state index in [-0.39, 0.29) is 27.8 Å². The maximum absolute atomic E-state index is 12.0. The summed E-state index contributed by atoms with van der Waals surface area (Å²) in [4.78, 5) is 11.9. The highest BCUT2D eigenvalue weighted by molar-refractivity contribution is 7.89. The summed E-state index contributed by atoms with van der Waals surface area (Å²) in [5, 5.41) is 7.79. The zero-order chi connectivity index (χ0) is 15.7. The van der Waals surface area contributed by atoms with Gasteiger partial charge in [0.05, 0.1) is 27.6 Å². The van der Waals surface area contributed by atoms with Crippen LogP contribution in [0.2, 0.25) is 5.02 Å². The molecule has 1 aromatic carbocycles. The third-order valence-corrected chi connectivity index (χ3v) is 4.95. The Hall–Kier alpha value is -1.15. The van der Waals surface area contributed by atoms with Crippen LogP contribution in [0.25, 0.3) is 0 Å². The van der Waals surface area contributed by atoms with Crippen LogP contribution in [0.4, 0.5) is 5.69 Å². The minimum absolute atomic E-state index is 0.0992. The Morgan fingerprint density at radius 2 is 2.14 bits per heavy atom. The van der Waals surface area contributed by atoms with Gasteiger partial charge in [0.2, 0.25) is 15.9 Å². The van der Waals surface area contributed by atoms with Crippen LogP contribution in [-0.2, 0) is 19.6 Å². The number of sulfonamides is 1. The van der Waals surface area contributed by atoms with E-state index in [4.69, 9.17) is 21.5 Å². The number of primary sulfonamides is 1. The smallest absolute Gasteiger partial charge is 0.238 e. The van der Waals surface area contributed by atoms with Gasteiger partial charge in [0, 0.05) is 7.11 Å². The zero-order valence-corrected chi connectivity index (χ0v) is 13.1. The summed E-state index contributed by atoms with van der Waals surface area (Å²) in [6.45, 7) is 0. The van der Waals surface area contributed by atoms with E-state index in [1.54, 1.807) is 7.11 Å². The topological polar surface area (TPSA) is 98.5 Å². The van der Waals surface area contributed by atoms with Crippen LogP contribution in [0.15, 0.2) is 23.1 Å². The van der Waals surface area contributed by atoms with Crippen molar-refractivity contribution < 1.29 is 17.9 Å². The molecule has 1 amide bonds. The molecule has 6 nitrogen and oxygen atoms in total. The van der Waals surface area contributed by atoms with E-state index in [2.05, 4.69) is 5.32 Å². The monoisotopic (exact) mass is 332 g/mol. The largest absolute Gasteiger partial charge is 0.378 e. The molecule has 1 aliphatic rings. The third kappa shape index (κ3) is 3.74. The molecule has 0 aliphatic heterocycles. The number of ether oxygens (including phenoxy) is 1. The molecule has 1 aromatic rings. The SMILES string of the molecule is COC1(CC(=O)Nc2ccc(S(N)(=O)=O)cc2Cl)CCC1. The first-order chi connectivity index (χ1) is 9.76. The van der Waals surface area contributed by atoms with E-state index in [0.29, 0.717) is 5.69 Å². The van der Waals surface area contributed by atoms with Crippen molar-refractivity contribution in [1.29, 1.82) is 0 Å². The van der Waals surface area contributed by atoms with Crippen molar-refractivity contribution in [2.75, 3.05) is 12.4 Å². The Bertz CT molecular complexity index is 651. The molecule has 0 bridgehead atoms. The molecule has 3 N–H and O–H groups in total. The van der Waals surface area contributed by atoms with E-state index in [9.17, 15) is 13.2 Å². The van der Waals surface area contributed by atoms with Gasteiger partial charge < -0.3 is 10.1 Å². The molecule has 1 aliphatic carbocycles. The third-order valence-electron chi connectivity index (χ3n) is 3.72. The number of carbonyl (C=O) groups excluding carboxylic acids is 1. The molecule has 0 atom stereocenters. The summed E-state index contributed by atoms with van der Waals surface area (Å²) in [5.74, 6) is -0.221. The van der Waals surface area contributed by atoms with E-state index < -0.39 is 10.0 Å². The van der Waals surface area contributed by atoms with E-state index in [1.807, 2.05) is 0 Å². The summed E-state index contributed by atoms with van der Waals surface area (Å²) < 4.78 is 27.8. The van der Waals surface area contributed by atoms with Gasteiger partial charge in [0.25, 0.3) is 0 Å². The van der Waals surface area contributed by atoms with Gasteiger partial charge >= 0.3 is 0 Å². The highest BCUT2D eigenvalue weighted by atomic mass is 35.5. The Labute approximate surface area is 128 Å². The normalized spacial score (nSPS) is 17.1. The van der Waals surface area contributed by atoms with E-state index in [0.717, 1.165) is 19.3 Å². The van der Waals surface area contributed by atoms with Gasteiger partial charge in [0.1, 0.15) is 0 Å². The number of halogens is 1. The number of benzene rings is 1. The summed E-state index contributed by atoms with van der Waals surface area (Å²) in [5.41, 5.74) is -0.0310. The lowest BCUT2D eigenvalue weighted by molar-refractivity contribution is -0.129. The van der Waals surface area contributed by atoms with Crippen LogP contribution >= 0.6 is 11.6 Å². The van der Waals surface area contributed by atoms with Crippen molar-refractivity contribution >= 4 is 33.2 Å². The number of anilines is 1. The van der Waals surface area contributed by atoms with Crippen molar-refractivity contribution in [2.24, 2.45) is 5.14 Å². The lowest BCUT2D eigenvalue weighted by Crippen LogP contribution is -2.42. The van der Waals surface area contributed by atoms with Crippen LogP contribution in [0, 0.1) is 0 Å². The minimum Gasteiger partial charge on any atom is -0.378 e. The van der Waals surface area contributed by atoms with Gasteiger partial charge in [-0.3, -0.25) is 4.79 Å². The highest BCUT2D eigenvalue weighted by Crippen LogP contribution is 2.38. The number of carbonyl (C=O) groups is 1.